The fourth-order valence-electron chi connectivity index (χ4n) is 6.06. The highest BCUT2D eigenvalue weighted by molar-refractivity contribution is 5.90. The van der Waals surface area contributed by atoms with Crippen LogP contribution in [0.3, 0.4) is 0 Å². The zero-order valence-electron chi connectivity index (χ0n) is 26.2. The van der Waals surface area contributed by atoms with Crippen LogP contribution in [0.25, 0.3) is 0 Å². The summed E-state index contributed by atoms with van der Waals surface area (Å²) in [7, 11) is 1.87. The molecule has 1 saturated heterocycles. The van der Waals surface area contributed by atoms with E-state index >= 15 is 0 Å². The van der Waals surface area contributed by atoms with Crippen LogP contribution in [0, 0.1) is 0 Å². The van der Waals surface area contributed by atoms with Crippen molar-refractivity contribution in [2.45, 2.75) is 82.9 Å². The largest absolute Gasteiger partial charge is 0.446 e. The van der Waals surface area contributed by atoms with Gasteiger partial charge in [0, 0.05) is 25.7 Å². The number of carbonyl (C=O) groups is 1. The van der Waals surface area contributed by atoms with Crippen LogP contribution in [0.2, 0.25) is 0 Å². The summed E-state index contributed by atoms with van der Waals surface area (Å²) in [6.45, 7) is 5.33. The van der Waals surface area contributed by atoms with Crippen molar-refractivity contribution in [2.24, 2.45) is 0 Å². The summed E-state index contributed by atoms with van der Waals surface area (Å²) in [5, 5.41) is 12.6. The number of anilines is 2. The fraction of sp³-hybridized carbons (Fsp3) is 0.533. The van der Waals surface area contributed by atoms with E-state index in [4.69, 9.17) is 4.74 Å². The summed E-state index contributed by atoms with van der Waals surface area (Å²) in [5.74, 6) is -0.228. The van der Waals surface area contributed by atoms with E-state index in [0.29, 0.717) is 31.6 Å². The van der Waals surface area contributed by atoms with Crippen LogP contribution < -0.4 is 9.80 Å². The number of likely N-dealkylation sites (N-methyl/N-ethyl adjacent to an activating group) is 1. The number of nitrogens with zero attached hydrogens (tertiary/aromatic N) is 7. The van der Waals surface area contributed by atoms with Crippen LogP contribution in [-0.2, 0) is 29.8 Å². The average Bonchev–Trinajstić information content (AvgIpc) is 3.62. The lowest BCUT2D eigenvalue weighted by Crippen LogP contribution is -2.47. The lowest BCUT2D eigenvalue weighted by atomic mass is 9.89. The molecule has 0 unspecified atom stereocenters. The Labute approximate surface area is 269 Å². The molecule has 3 heterocycles. The molecule has 262 valence electrons. The second-order valence-electron chi connectivity index (χ2n) is 12.3. The summed E-state index contributed by atoms with van der Waals surface area (Å²) in [5.41, 5.74) is -4.70. The number of rotatable bonds is 6. The monoisotopic (exact) mass is 693 g/mol. The first-order chi connectivity index (χ1) is 22.2. The van der Waals surface area contributed by atoms with Gasteiger partial charge < -0.3 is 14.5 Å². The molecule has 2 aliphatic heterocycles. The Balaban J connectivity index is 1.68. The number of fused-ring (bicyclic) bond motifs is 1. The summed E-state index contributed by atoms with van der Waals surface area (Å²) < 4.78 is 130. The second-order valence-corrected chi connectivity index (χ2v) is 12.3. The number of carbonyl (C=O) groups excluding carboxylic acids is 1. The minimum absolute atomic E-state index is 0.00916. The number of aromatic nitrogens is 4. The maximum absolute atomic E-state index is 14.0. The Bertz CT molecular complexity index is 1610. The Morgan fingerprint density at radius 3 is 2.12 bits per heavy atom. The van der Waals surface area contributed by atoms with Crippen molar-refractivity contribution in [2.75, 3.05) is 29.9 Å². The standard InChI is InChI=1S/C30H32F9N7O2/c1-16(2)48-27(47)45-17(3)9-25(23-13-19(28(31,32)33)5-6-24(23)45)44(26-40-42-46(41-26)22-7-8-43(4)15-22)14-18-10-20(29(34,35)36)12-21(11-18)30(37,38)39/h5-6,10-13,16-17,22,25H,7-9,14-15H2,1-4H3/t17-,22-,25+/m0/s1. The zero-order chi connectivity index (χ0) is 35.3. The molecule has 0 radical (unpaired) electrons. The molecule has 3 aromatic rings. The minimum Gasteiger partial charge on any atom is -0.446 e. The molecule has 5 rings (SSSR count). The lowest BCUT2D eigenvalue weighted by Gasteiger charge is -2.43. The molecule has 2 aromatic carbocycles. The number of benzene rings is 2. The molecule has 1 aromatic heterocycles. The van der Waals surface area contributed by atoms with Gasteiger partial charge in [0.1, 0.15) is 0 Å². The highest BCUT2D eigenvalue weighted by Crippen LogP contribution is 2.45. The first-order valence-corrected chi connectivity index (χ1v) is 15.0. The number of likely N-dealkylation sites (tertiary alicyclic amines) is 1. The Hall–Kier alpha value is -4.09. The zero-order valence-corrected chi connectivity index (χ0v) is 26.2. The van der Waals surface area contributed by atoms with Gasteiger partial charge in [-0.2, -0.15) is 44.3 Å². The van der Waals surface area contributed by atoms with Gasteiger partial charge in [-0.1, -0.05) is 5.10 Å². The minimum atomic E-state index is -5.14. The maximum atomic E-state index is 14.0. The van der Waals surface area contributed by atoms with Crippen molar-refractivity contribution < 1.29 is 49.0 Å². The average molecular weight is 694 g/mol. The van der Waals surface area contributed by atoms with Crippen molar-refractivity contribution in [1.29, 1.82) is 0 Å². The number of hydrogen-bond acceptors (Lipinski definition) is 7. The number of amides is 1. The van der Waals surface area contributed by atoms with Crippen molar-refractivity contribution in [3.05, 3.63) is 64.2 Å². The predicted molar refractivity (Wildman–Crippen MR) is 154 cm³/mol. The van der Waals surface area contributed by atoms with Gasteiger partial charge in [0.15, 0.2) is 0 Å². The normalized spacial score (nSPS) is 20.7. The predicted octanol–water partition coefficient (Wildman–Crippen LogP) is 7.50. The number of halogens is 9. The van der Waals surface area contributed by atoms with Gasteiger partial charge in [-0.25, -0.2) is 4.79 Å². The smallest absolute Gasteiger partial charge is 0.416 e. The van der Waals surface area contributed by atoms with Gasteiger partial charge in [-0.15, -0.1) is 5.10 Å². The third-order valence-corrected chi connectivity index (χ3v) is 8.26. The van der Waals surface area contributed by atoms with Crippen molar-refractivity contribution in [3.8, 4) is 0 Å². The molecule has 18 heteroatoms. The van der Waals surface area contributed by atoms with Gasteiger partial charge in [0.2, 0.25) is 0 Å². The fourth-order valence-corrected chi connectivity index (χ4v) is 6.06. The van der Waals surface area contributed by atoms with Crippen LogP contribution in [0.4, 0.5) is 55.9 Å². The van der Waals surface area contributed by atoms with Gasteiger partial charge in [-0.3, -0.25) is 4.90 Å². The van der Waals surface area contributed by atoms with Crippen LogP contribution in [0.1, 0.15) is 73.5 Å². The van der Waals surface area contributed by atoms with E-state index in [-0.39, 0.29) is 35.7 Å². The quantitative estimate of drug-likeness (QED) is 0.248. The molecule has 1 amide bonds. The topological polar surface area (TPSA) is 79.6 Å². The summed E-state index contributed by atoms with van der Waals surface area (Å²) in [6, 6.07) is 1.59. The second kappa shape index (κ2) is 12.7. The van der Waals surface area contributed by atoms with E-state index in [2.05, 4.69) is 15.4 Å². The molecule has 0 N–H and O–H groups in total. The molecular weight excluding hydrogens is 661 g/mol. The number of hydrogen-bond donors (Lipinski definition) is 0. The molecule has 2 aliphatic rings. The molecule has 48 heavy (non-hydrogen) atoms. The van der Waals surface area contributed by atoms with Gasteiger partial charge in [0.05, 0.1) is 40.6 Å². The molecular formula is C30H32F9N7O2. The summed E-state index contributed by atoms with van der Waals surface area (Å²) in [4.78, 5) is 18.8. The molecule has 9 nitrogen and oxygen atoms in total. The molecule has 0 aliphatic carbocycles. The summed E-state index contributed by atoms with van der Waals surface area (Å²) >= 11 is 0. The number of alkyl halides is 9. The van der Waals surface area contributed by atoms with E-state index in [0.717, 1.165) is 18.2 Å². The SMILES string of the molecule is CC(C)OC(=O)N1c2ccc(C(F)(F)F)cc2[C@H](N(Cc2cc(C(F)(F)F)cc(C(F)(F)F)c2)c2nnn([C@H]3CCN(C)C3)n2)C[C@@H]1C. The first-order valence-electron chi connectivity index (χ1n) is 15.0. The Morgan fingerprint density at radius 2 is 1.58 bits per heavy atom. The third-order valence-electron chi connectivity index (χ3n) is 8.26. The van der Waals surface area contributed by atoms with E-state index in [1.165, 1.54) is 14.6 Å². The van der Waals surface area contributed by atoms with Crippen molar-refractivity contribution >= 4 is 17.7 Å². The van der Waals surface area contributed by atoms with Crippen LogP contribution in [0.5, 0.6) is 0 Å². The Kier molecular flexibility index (Phi) is 9.35. The third kappa shape index (κ3) is 7.47. The number of tetrazole rings is 1. The maximum Gasteiger partial charge on any atom is 0.416 e. The molecule has 1 fully saturated rings. The van der Waals surface area contributed by atoms with Crippen LogP contribution >= 0.6 is 0 Å². The van der Waals surface area contributed by atoms with Gasteiger partial charge in [0.25, 0.3) is 5.95 Å². The first kappa shape index (κ1) is 35.2. The van der Waals surface area contributed by atoms with Crippen LogP contribution in [-0.4, -0.2) is 63.5 Å². The molecule has 3 atom stereocenters. The molecule has 0 bridgehead atoms. The highest BCUT2D eigenvalue weighted by atomic mass is 19.4. The van der Waals surface area contributed by atoms with Gasteiger partial charge in [-0.05, 0) is 93.4 Å². The van der Waals surface area contributed by atoms with Gasteiger partial charge >= 0.3 is 24.6 Å². The van der Waals surface area contributed by atoms with E-state index in [1.807, 2.05) is 11.9 Å². The highest BCUT2D eigenvalue weighted by Gasteiger charge is 2.42. The van der Waals surface area contributed by atoms with Crippen molar-refractivity contribution in [3.63, 3.8) is 0 Å². The lowest BCUT2D eigenvalue weighted by molar-refractivity contribution is -0.143. The molecule has 0 spiro atoms. The summed E-state index contributed by atoms with van der Waals surface area (Å²) in [6.07, 6.45) is -16.0. The van der Waals surface area contributed by atoms with E-state index in [1.54, 1.807) is 20.8 Å². The van der Waals surface area contributed by atoms with Crippen LogP contribution in [0.15, 0.2) is 36.4 Å². The number of ether oxygens (including phenoxy) is 1. The van der Waals surface area contributed by atoms with E-state index in [9.17, 15) is 44.3 Å². The molecule has 0 saturated carbocycles. The van der Waals surface area contributed by atoms with E-state index < -0.39 is 71.6 Å². The van der Waals surface area contributed by atoms with Crippen molar-refractivity contribution in [1.82, 2.24) is 25.1 Å². The Morgan fingerprint density at radius 1 is 0.958 bits per heavy atom.